The van der Waals surface area contributed by atoms with Gasteiger partial charge in [-0.25, -0.2) is 0 Å². The molecule has 1 rings (SSSR count). The number of rotatable bonds is 6. The fourth-order valence-electron chi connectivity index (χ4n) is 1.62. The second-order valence-electron chi connectivity index (χ2n) is 3.66. The molecule has 0 atom stereocenters. The Morgan fingerprint density at radius 3 is 2.59 bits per heavy atom. The molecule has 8 heteroatoms. The average Bonchev–Trinajstić information content (AvgIpc) is 2.81. The normalized spacial score (nSPS) is 11.2. The van der Waals surface area contributed by atoms with E-state index in [9.17, 15) is 4.79 Å². The molecule has 0 radical (unpaired) electrons. The summed E-state index contributed by atoms with van der Waals surface area (Å²) >= 11 is 4.99. The fraction of sp³-hybridized carbons (Fsp3) is 0.667. The number of nitrogens with zero attached hydrogens (tertiary/aromatic N) is 3. The van der Waals surface area contributed by atoms with Gasteiger partial charge >= 0.3 is 0 Å². The van der Waals surface area contributed by atoms with Gasteiger partial charge in [0.2, 0.25) is 5.91 Å². The van der Waals surface area contributed by atoms with Gasteiger partial charge in [-0.05, 0) is 12.8 Å². The van der Waals surface area contributed by atoms with Crippen molar-refractivity contribution in [3.8, 4) is 0 Å². The topological polar surface area (TPSA) is 110 Å². The standard InChI is InChI=1S/C9H16N6OS/c1-3-9(4-2,7(10)17)8(16)11-5-6-12-14-15-13-6/h3-5H2,1-2H3,(H2,10,17)(H,11,16)(H,12,13,14,15). The minimum Gasteiger partial charge on any atom is -0.392 e. The minimum atomic E-state index is -0.793. The van der Waals surface area contributed by atoms with Crippen LogP contribution in [-0.4, -0.2) is 31.5 Å². The summed E-state index contributed by atoms with van der Waals surface area (Å²) < 4.78 is 0. The SMILES string of the molecule is CCC(CC)(C(=O)NCc1nn[nH]n1)C(N)=S. The van der Waals surface area contributed by atoms with E-state index in [0.717, 1.165) is 0 Å². The number of carbonyl (C=O) groups is 1. The lowest BCUT2D eigenvalue weighted by Gasteiger charge is -2.28. The number of hydrogen-bond acceptors (Lipinski definition) is 5. The molecule has 1 aromatic rings. The average molecular weight is 256 g/mol. The number of amides is 1. The van der Waals surface area contributed by atoms with E-state index < -0.39 is 5.41 Å². The van der Waals surface area contributed by atoms with Gasteiger partial charge in [-0.2, -0.15) is 5.21 Å². The van der Waals surface area contributed by atoms with Crippen LogP contribution in [0, 0.1) is 5.41 Å². The molecule has 0 aliphatic rings. The van der Waals surface area contributed by atoms with E-state index in [1.165, 1.54) is 0 Å². The first kappa shape index (κ1) is 13.5. The number of tetrazole rings is 1. The summed E-state index contributed by atoms with van der Waals surface area (Å²) in [7, 11) is 0. The van der Waals surface area contributed by atoms with Gasteiger partial charge in [0.25, 0.3) is 0 Å². The first-order chi connectivity index (χ1) is 8.06. The van der Waals surface area contributed by atoms with Gasteiger partial charge in [-0.15, -0.1) is 10.2 Å². The second-order valence-corrected chi connectivity index (χ2v) is 4.10. The molecular weight excluding hydrogens is 240 g/mol. The van der Waals surface area contributed by atoms with Crippen molar-refractivity contribution in [1.29, 1.82) is 0 Å². The Morgan fingerprint density at radius 1 is 1.53 bits per heavy atom. The lowest BCUT2D eigenvalue weighted by Crippen LogP contribution is -2.48. The summed E-state index contributed by atoms with van der Waals surface area (Å²) in [5.74, 6) is 0.224. The van der Waals surface area contributed by atoms with Crippen LogP contribution in [0.1, 0.15) is 32.5 Å². The minimum absolute atomic E-state index is 0.195. The summed E-state index contributed by atoms with van der Waals surface area (Å²) in [5, 5.41) is 15.9. The summed E-state index contributed by atoms with van der Waals surface area (Å²) in [4.78, 5) is 12.3. The van der Waals surface area contributed by atoms with Crippen LogP contribution in [0.2, 0.25) is 0 Å². The van der Waals surface area contributed by atoms with Crippen molar-refractivity contribution in [3.63, 3.8) is 0 Å². The highest BCUT2D eigenvalue weighted by molar-refractivity contribution is 7.80. The van der Waals surface area contributed by atoms with Gasteiger partial charge in [0.1, 0.15) is 0 Å². The van der Waals surface area contributed by atoms with E-state index in [2.05, 4.69) is 25.9 Å². The van der Waals surface area contributed by atoms with Gasteiger partial charge < -0.3 is 11.1 Å². The van der Waals surface area contributed by atoms with Crippen LogP contribution in [0.15, 0.2) is 0 Å². The molecule has 1 amide bonds. The first-order valence-electron chi connectivity index (χ1n) is 5.37. The van der Waals surface area contributed by atoms with Gasteiger partial charge in [0.15, 0.2) is 5.82 Å². The number of thiocarbonyl (C=S) groups is 1. The third-order valence-corrected chi connectivity index (χ3v) is 3.30. The van der Waals surface area contributed by atoms with Gasteiger partial charge in [-0.3, -0.25) is 4.79 Å². The van der Waals surface area contributed by atoms with E-state index in [0.29, 0.717) is 18.7 Å². The maximum atomic E-state index is 12.1. The molecule has 0 bridgehead atoms. The van der Waals surface area contributed by atoms with E-state index in [-0.39, 0.29) is 17.4 Å². The van der Waals surface area contributed by atoms with Crippen LogP contribution < -0.4 is 11.1 Å². The van der Waals surface area contributed by atoms with E-state index >= 15 is 0 Å². The zero-order valence-electron chi connectivity index (χ0n) is 9.86. The Bertz CT molecular complexity index is 386. The molecule has 0 aliphatic carbocycles. The van der Waals surface area contributed by atoms with E-state index in [1.807, 2.05) is 13.8 Å². The lowest BCUT2D eigenvalue weighted by atomic mass is 9.81. The van der Waals surface area contributed by atoms with E-state index in [1.54, 1.807) is 0 Å². The summed E-state index contributed by atoms with van der Waals surface area (Å²) in [6.45, 7) is 3.98. The first-order valence-corrected chi connectivity index (χ1v) is 5.78. The third kappa shape index (κ3) is 2.76. The molecule has 1 heterocycles. The van der Waals surface area contributed by atoms with Gasteiger partial charge in [0.05, 0.1) is 16.9 Å². The highest BCUT2D eigenvalue weighted by atomic mass is 32.1. The van der Waals surface area contributed by atoms with Crippen LogP contribution in [0.5, 0.6) is 0 Å². The maximum absolute atomic E-state index is 12.1. The number of H-pyrrole nitrogens is 1. The van der Waals surface area contributed by atoms with Gasteiger partial charge in [0, 0.05) is 0 Å². The molecule has 1 aromatic heterocycles. The molecule has 0 aliphatic heterocycles. The number of aromatic nitrogens is 4. The zero-order chi connectivity index (χ0) is 12.9. The maximum Gasteiger partial charge on any atom is 0.233 e. The number of aromatic amines is 1. The molecule has 0 aromatic carbocycles. The monoisotopic (exact) mass is 256 g/mol. The summed E-state index contributed by atoms with van der Waals surface area (Å²) in [6, 6.07) is 0. The number of nitrogens with one attached hydrogen (secondary N) is 2. The van der Waals surface area contributed by atoms with Crippen molar-refractivity contribution in [2.75, 3.05) is 0 Å². The van der Waals surface area contributed by atoms with Gasteiger partial charge in [-0.1, -0.05) is 31.3 Å². The Kier molecular flexibility index (Phi) is 4.50. The molecule has 4 N–H and O–H groups in total. The van der Waals surface area contributed by atoms with Crippen LogP contribution in [0.4, 0.5) is 0 Å². The smallest absolute Gasteiger partial charge is 0.233 e. The van der Waals surface area contributed by atoms with E-state index in [4.69, 9.17) is 18.0 Å². The van der Waals surface area contributed by atoms with Crippen LogP contribution >= 0.6 is 12.2 Å². The van der Waals surface area contributed by atoms with Crippen LogP contribution in [0.25, 0.3) is 0 Å². The molecule has 94 valence electrons. The molecule has 0 fully saturated rings. The van der Waals surface area contributed by atoms with Crippen molar-refractivity contribution in [3.05, 3.63) is 5.82 Å². The predicted octanol–water partition coefficient (Wildman–Crippen LogP) is -0.0916. The Balaban J connectivity index is 2.69. The third-order valence-electron chi connectivity index (χ3n) is 2.91. The molecule has 0 unspecified atom stereocenters. The molecule has 7 nitrogen and oxygen atoms in total. The molecule has 17 heavy (non-hydrogen) atoms. The lowest BCUT2D eigenvalue weighted by molar-refractivity contribution is -0.128. The van der Waals surface area contributed by atoms with Crippen molar-refractivity contribution < 1.29 is 4.79 Å². The second kappa shape index (κ2) is 5.67. The van der Waals surface area contributed by atoms with Crippen molar-refractivity contribution in [2.24, 2.45) is 11.1 Å². The number of carbonyl (C=O) groups excluding carboxylic acids is 1. The zero-order valence-corrected chi connectivity index (χ0v) is 10.7. The molecule has 0 saturated heterocycles. The molecule has 0 spiro atoms. The highest BCUT2D eigenvalue weighted by Crippen LogP contribution is 2.27. The van der Waals surface area contributed by atoms with Crippen molar-refractivity contribution >= 4 is 23.1 Å². The summed E-state index contributed by atoms with van der Waals surface area (Å²) in [6.07, 6.45) is 1.13. The highest BCUT2D eigenvalue weighted by Gasteiger charge is 2.37. The number of nitrogens with two attached hydrogens (primary N) is 1. The Labute approximate surface area is 105 Å². The fourth-order valence-corrected chi connectivity index (χ4v) is 2.00. The summed E-state index contributed by atoms with van der Waals surface area (Å²) in [5.41, 5.74) is 4.87. The predicted molar refractivity (Wildman–Crippen MR) is 65.8 cm³/mol. The van der Waals surface area contributed by atoms with Crippen molar-refractivity contribution in [2.45, 2.75) is 33.2 Å². The molecular formula is C9H16N6OS. The molecule has 0 saturated carbocycles. The van der Waals surface area contributed by atoms with Crippen LogP contribution in [-0.2, 0) is 11.3 Å². The Hall–Kier alpha value is -1.57. The number of hydrogen-bond donors (Lipinski definition) is 3. The van der Waals surface area contributed by atoms with Crippen LogP contribution in [0.3, 0.4) is 0 Å². The quantitative estimate of drug-likeness (QED) is 0.614. The largest absolute Gasteiger partial charge is 0.392 e. The Morgan fingerprint density at radius 2 is 2.18 bits per heavy atom. The van der Waals surface area contributed by atoms with Crippen molar-refractivity contribution in [1.82, 2.24) is 25.9 Å².